The number of hydrogen-bond acceptors (Lipinski definition) is 14. The minimum atomic E-state index is -0.144. The van der Waals surface area contributed by atoms with Crippen LogP contribution in [0.1, 0.15) is 65.7 Å². The molecule has 0 N–H and O–H groups in total. The van der Waals surface area contributed by atoms with Gasteiger partial charge in [0.1, 0.15) is 6.61 Å². The number of rotatable bonds is 44. The van der Waals surface area contributed by atoms with Gasteiger partial charge in [-0.15, -0.1) is 0 Å². The summed E-state index contributed by atoms with van der Waals surface area (Å²) < 4.78 is 70.7. The van der Waals surface area contributed by atoms with Crippen LogP contribution in [-0.2, 0) is 66.4 Å². The normalized spacial score (nSPS) is 11.6. The van der Waals surface area contributed by atoms with Gasteiger partial charge in [0.25, 0.3) is 0 Å². The van der Waals surface area contributed by atoms with Crippen LogP contribution in [0.15, 0.2) is 0 Å². The molecule has 0 aliphatic rings. The van der Waals surface area contributed by atoms with Crippen molar-refractivity contribution in [3.63, 3.8) is 0 Å². The lowest BCUT2D eigenvalue weighted by Gasteiger charge is -2.09. The molecule has 0 unspecified atom stereocenters. The molecule has 0 aliphatic carbocycles. The first kappa shape index (κ1) is 49.0. The highest BCUT2D eigenvalue weighted by Gasteiger charge is 2.03. The standard InChI is InChI=1S/C36H72O14/c1-4-5-6-7-8-9-10-36(37)50-34-32-48-30-28-46-26-24-44-22-20-42-18-16-40-14-12-38-11-13-39-15-17-41-19-21-43-23-25-45-27-29-47-31-33-49-35(2)3/h35H,4-34H2,1-3H3. The van der Waals surface area contributed by atoms with Crippen molar-refractivity contribution in [1.29, 1.82) is 0 Å². The van der Waals surface area contributed by atoms with Gasteiger partial charge in [0.15, 0.2) is 0 Å². The second-order valence-electron chi connectivity index (χ2n) is 11.4. The van der Waals surface area contributed by atoms with Crippen molar-refractivity contribution >= 4 is 5.97 Å². The van der Waals surface area contributed by atoms with Gasteiger partial charge >= 0.3 is 5.97 Å². The van der Waals surface area contributed by atoms with Gasteiger partial charge in [0.05, 0.1) is 158 Å². The highest BCUT2D eigenvalue weighted by molar-refractivity contribution is 5.69. The molecule has 0 aromatic rings. The molecule has 300 valence electrons. The number of hydrogen-bond donors (Lipinski definition) is 0. The predicted molar refractivity (Wildman–Crippen MR) is 189 cm³/mol. The van der Waals surface area contributed by atoms with Gasteiger partial charge in [0.2, 0.25) is 0 Å². The summed E-state index contributed by atoms with van der Waals surface area (Å²) in [6, 6.07) is 0. The van der Waals surface area contributed by atoms with E-state index in [1.807, 2.05) is 13.8 Å². The van der Waals surface area contributed by atoms with Crippen molar-refractivity contribution in [3.8, 4) is 0 Å². The molecular formula is C36H72O14. The Hall–Kier alpha value is -1.01. The number of ether oxygens (including phenoxy) is 13. The molecule has 0 atom stereocenters. The summed E-state index contributed by atoms with van der Waals surface area (Å²) in [5, 5.41) is 0. The third-order valence-electron chi connectivity index (χ3n) is 6.62. The van der Waals surface area contributed by atoms with Crippen LogP contribution in [-0.4, -0.2) is 171 Å². The SMILES string of the molecule is CCCCCCCCC(=O)OCCOCCOCCOCCOCCOCCOCCOCCOCCOCCOCCOCCOC(C)C. The van der Waals surface area contributed by atoms with Gasteiger partial charge in [-0.25, -0.2) is 0 Å². The number of carbonyl (C=O) groups excluding carboxylic acids is 1. The quantitative estimate of drug-likeness (QED) is 0.0663. The first-order valence-corrected chi connectivity index (χ1v) is 18.8. The van der Waals surface area contributed by atoms with Crippen LogP contribution in [0.4, 0.5) is 0 Å². The van der Waals surface area contributed by atoms with E-state index in [1.54, 1.807) is 0 Å². The van der Waals surface area contributed by atoms with Gasteiger partial charge in [-0.05, 0) is 20.3 Å². The van der Waals surface area contributed by atoms with Gasteiger partial charge < -0.3 is 61.6 Å². The third-order valence-corrected chi connectivity index (χ3v) is 6.62. The van der Waals surface area contributed by atoms with E-state index in [1.165, 1.54) is 25.7 Å². The second kappa shape index (κ2) is 44.2. The summed E-state index contributed by atoms with van der Waals surface area (Å²) in [6.45, 7) is 18.2. The molecule has 0 aromatic heterocycles. The Kier molecular flexibility index (Phi) is 43.3. The minimum absolute atomic E-state index is 0.144. The van der Waals surface area contributed by atoms with E-state index in [2.05, 4.69) is 6.92 Å². The maximum atomic E-state index is 11.7. The highest BCUT2D eigenvalue weighted by Crippen LogP contribution is 2.07. The molecule has 0 spiro atoms. The maximum absolute atomic E-state index is 11.7. The first-order valence-electron chi connectivity index (χ1n) is 18.8. The molecule has 0 saturated heterocycles. The van der Waals surface area contributed by atoms with Crippen LogP contribution in [0, 0.1) is 0 Å². The van der Waals surface area contributed by atoms with Crippen molar-refractivity contribution in [3.05, 3.63) is 0 Å². The number of carbonyl (C=O) groups is 1. The zero-order chi connectivity index (χ0) is 36.3. The molecular weight excluding hydrogens is 656 g/mol. The van der Waals surface area contributed by atoms with Gasteiger partial charge in [-0.1, -0.05) is 39.0 Å². The Bertz CT molecular complexity index is 644. The number of unbranched alkanes of at least 4 members (excludes halogenated alkanes) is 5. The average molecular weight is 729 g/mol. The molecule has 14 nitrogen and oxygen atoms in total. The van der Waals surface area contributed by atoms with E-state index in [4.69, 9.17) is 61.6 Å². The molecule has 0 bridgehead atoms. The van der Waals surface area contributed by atoms with Crippen molar-refractivity contribution in [2.45, 2.75) is 71.8 Å². The van der Waals surface area contributed by atoms with Crippen molar-refractivity contribution in [1.82, 2.24) is 0 Å². The Balaban J connectivity index is 3.09. The molecule has 0 amide bonds. The van der Waals surface area contributed by atoms with Crippen LogP contribution >= 0.6 is 0 Å². The molecule has 14 heteroatoms. The topological polar surface area (TPSA) is 137 Å². The summed E-state index contributed by atoms with van der Waals surface area (Å²) in [7, 11) is 0. The second-order valence-corrected chi connectivity index (χ2v) is 11.4. The fourth-order valence-electron chi connectivity index (χ4n) is 3.98. The van der Waals surface area contributed by atoms with Gasteiger partial charge in [-0.2, -0.15) is 0 Å². The zero-order valence-electron chi connectivity index (χ0n) is 31.7. The summed E-state index contributed by atoms with van der Waals surface area (Å²) in [6.07, 6.45) is 7.65. The fraction of sp³-hybridized carbons (Fsp3) is 0.972. The molecule has 0 aliphatic heterocycles. The molecule has 0 aromatic carbocycles. The summed E-state index contributed by atoms with van der Waals surface area (Å²) in [5.41, 5.74) is 0. The largest absolute Gasteiger partial charge is 0.463 e. The first-order chi connectivity index (χ1) is 24.7. The minimum Gasteiger partial charge on any atom is -0.463 e. The van der Waals surface area contributed by atoms with E-state index in [9.17, 15) is 4.79 Å². The highest BCUT2D eigenvalue weighted by atomic mass is 16.6. The third kappa shape index (κ3) is 45.0. The van der Waals surface area contributed by atoms with Gasteiger partial charge in [0, 0.05) is 6.42 Å². The van der Waals surface area contributed by atoms with Crippen LogP contribution < -0.4 is 0 Å². The maximum Gasteiger partial charge on any atom is 0.305 e. The summed E-state index contributed by atoms with van der Waals surface area (Å²) in [4.78, 5) is 11.7. The predicted octanol–water partition coefficient (Wildman–Crippen LogP) is 3.89. The lowest BCUT2D eigenvalue weighted by Crippen LogP contribution is -2.16. The summed E-state index contributed by atoms with van der Waals surface area (Å²) in [5.74, 6) is -0.144. The van der Waals surface area contributed by atoms with Crippen LogP contribution in [0.25, 0.3) is 0 Å². The monoisotopic (exact) mass is 728 g/mol. The zero-order valence-corrected chi connectivity index (χ0v) is 31.7. The smallest absolute Gasteiger partial charge is 0.305 e. The Labute approximate surface area is 302 Å². The Morgan fingerprint density at radius 3 is 0.920 bits per heavy atom. The van der Waals surface area contributed by atoms with Crippen molar-refractivity contribution in [2.24, 2.45) is 0 Å². The van der Waals surface area contributed by atoms with E-state index in [-0.39, 0.29) is 18.7 Å². The van der Waals surface area contributed by atoms with Crippen LogP contribution in [0.5, 0.6) is 0 Å². The van der Waals surface area contributed by atoms with E-state index < -0.39 is 0 Å². The van der Waals surface area contributed by atoms with E-state index in [0.717, 1.165) is 12.8 Å². The lowest BCUT2D eigenvalue weighted by molar-refractivity contribution is -0.145. The fourth-order valence-corrected chi connectivity index (χ4v) is 3.98. The molecule has 0 fully saturated rings. The molecule has 0 rings (SSSR count). The average Bonchev–Trinajstić information content (AvgIpc) is 3.11. The van der Waals surface area contributed by atoms with Crippen molar-refractivity contribution < 1.29 is 66.4 Å². The van der Waals surface area contributed by atoms with E-state index >= 15 is 0 Å². The van der Waals surface area contributed by atoms with Gasteiger partial charge in [-0.3, -0.25) is 4.79 Å². The Morgan fingerprint density at radius 2 is 0.620 bits per heavy atom. The molecule has 0 heterocycles. The van der Waals surface area contributed by atoms with Crippen LogP contribution in [0.3, 0.4) is 0 Å². The van der Waals surface area contributed by atoms with Crippen LogP contribution in [0.2, 0.25) is 0 Å². The number of esters is 1. The van der Waals surface area contributed by atoms with E-state index in [0.29, 0.717) is 158 Å². The molecule has 50 heavy (non-hydrogen) atoms. The molecule has 0 saturated carbocycles. The summed E-state index contributed by atoms with van der Waals surface area (Å²) >= 11 is 0. The molecule has 0 radical (unpaired) electrons. The Morgan fingerprint density at radius 1 is 0.360 bits per heavy atom. The van der Waals surface area contributed by atoms with Crippen molar-refractivity contribution in [2.75, 3.05) is 159 Å². The lowest BCUT2D eigenvalue weighted by atomic mass is 10.1.